The number of hydrogen-bond acceptors (Lipinski definition) is 3. The van der Waals surface area contributed by atoms with E-state index in [1.807, 2.05) is 56.3 Å². The maximum atomic E-state index is 13.0. The number of carbonyl (C=O) groups is 1. The van der Waals surface area contributed by atoms with E-state index in [0.717, 1.165) is 16.8 Å². The van der Waals surface area contributed by atoms with Crippen molar-refractivity contribution < 1.29 is 13.2 Å². The van der Waals surface area contributed by atoms with Crippen molar-refractivity contribution in [1.29, 1.82) is 0 Å². The van der Waals surface area contributed by atoms with Gasteiger partial charge in [0.25, 0.3) is 15.9 Å². The van der Waals surface area contributed by atoms with Crippen LogP contribution in [0.3, 0.4) is 0 Å². The zero-order valence-electron chi connectivity index (χ0n) is 16.9. The van der Waals surface area contributed by atoms with E-state index >= 15 is 0 Å². The molecule has 0 bridgehead atoms. The highest BCUT2D eigenvalue weighted by Crippen LogP contribution is 2.24. The number of carbonyl (C=O) groups excluding carboxylic acids is 1. The molecule has 0 aliphatic heterocycles. The Labute approximate surface area is 172 Å². The normalized spacial score (nSPS) is 11.2. The number of aryl methyl sites for hydroxylation is 3. The third-order valence-corrected chi connectivity index (χ3v) is 6.31. The monoisotopic (exact) mass is 408 g/mol. The van der Waals surface area contributed by atoms with E-state index in [0.29, 0.717) is 16.8 Å². The van der Waals surface area contributed by atoms with Crippen molar-refractivity contribution in [3.8, 4) is 0 Å². The Hall–Kier alpha value is -3.12. The van der Waals surface area contributed by atoms with Gasteiger partial charge in [-0.3, -0.25) is 9.52 Å². The van der Waals surface area contributed by atoms with Crippen LogP contribution < -0.4 is 9.62 Å². The summed E-state index contributed by atoms with van der Waals surface area (Å²) in [6.07, 6.45) is 0. The molecule has 0 aliphatic rings. The van der Waals surface area contributed by atoms with Gasteiger partial charge >= 0.3 is 0 Å². The first kappa shape index (κ1) is 20.6. The summed E-state index contributed by atoms with van der Waals surface area (Å²) in [6.45, 7) is 5.52. The predicted molar refractivity (Wildman–Crippen MR) is 117 cm³/mol. The van der Waals surface area contributed by atoms with Gasteiger partial charge in [0, 0.05) is 18.3 Å². The van der Waals surface area contributed by atoms with Gasteiger partial charge in [0.1, 0.15) is 0 Å². The van der Waals surface area contributed by atoms with Gasteiger partial charge in [-0.05, 0) is 62.2 Å². The molecular weight excluding hydrogens is 384 g/mol. The van der Waals surface area contributed by atoms with Gasteiger partial charge in [-0.25, -0.2) is 8.42 Å². The number of sulfonamides is 1. The van der Waals surface area contributed by atoms with E-state index in [4.69, 9.17) is 0 Å². The number of nitrogens with zero attached hydrogens (tertiary/aromatic N) is 1. The Morgan fingerprint density at radius 1 is 0.862 bits per heavy atom. The first-order valence-electron chi connectivity index (χ1n) is 9.23. The van der Waals surface area contributed by atoms with E-state index in [9.17, 15) is 13.2 Å². The molecule has 0 saturated carbocycles. The van der Waals surface area contributed by atoms with Crippen molar-refractivity contribution in [2.45, 2.75) is 25.7 Å². The Morgan fingerprint density at radius 3 is 2.21 bits per heavy atom. The minimum absolute atomic E-state index is 0.0878. The highest BCUT2D eigenvalue weighted by Gasteiger charge is 2.21. The number of anilines is 2. The quantitative estimate of drug-likeness (QED) is 0.666. The average Bonchev–Trinajstić information content (AvgIpc) is 2.70. The molecule has 0 atom stereocenters. The molecular formula is C23H24N2O3S. The molecule has 0 radical (unpaired) electrons. The van der Waals surface area contributed by atoms with Crippen LogP contribution in [0.2, 0.25) is 0 Å². The summed E-state index contributed by atoms with van der Waals surface area (Å²) in [5, 5.41) is 0. The molecule has 3 rings (SSSR count). The van der Waals surface area contributed by atoms with Gasteiger partial charge in [0.15, 0.2) is 0 Å². The third-order valence-electron chi connectivity index (χ3n) is 4.80. The van der Waals surface area contributed by atoms with E-state index < -0.39 is 10.0 Å². The number of para-hydroxylation sites is 1. The molecule has 6 heteroatoms. The molecule has 0 aromatic heterocycles. The minimum atomic E-state index is -3.85. The van der Waals surface area contributed by atoms with Crippen LogP contribution in [0.25, 0.3) is 0 Å². The lowest BCUT2D eigenvalue weighted by Crippen LogP contribution is -2.26. The lowest BCUT2D eigenvalue weighted by molar-refractivity contribution is 0.0993. The molecule has 5 nitrogen and oxygen atoms in total. The Kier molecular flexibility index (Phi) is 5.75. The van der Waals surface area contributed by atoms with Crippen molar-refractivity contribution in [3.05, 3.63) is 89.0 Å². The van der Waals surface area contributed by atoms with E-state index in [1.54, 1.807) is 32.2 Å². The minimum Gasteiger partial charge on any atom is -0.311 e. The molecule has 0 heterocycles. The highest BCUT2D eigenvalue weighted by atomic mass is 32.2. The number of rotatable bonds is 5. The fraction of sp³-hybridized carbons (Fsp3) is 0.174. The molecule has 150 valence electrons. The molecule has 0 spiro atoms. The molecule has 0 unspecified atom stereocenters. The third kappa shape index (κ3) is 4.49. The van der Waals surface area contributed by atoms with E-state index in [1.165, 1.54) is 11.0 Å². The van der Waals surface area contributed by atoms with Gasteiger partial charge in [0.2, 0.25) is 0 Å². The number of nitrogens with one attached hydrogen (secondary N) is 1. The lowest BCUT2D eigenvalue weighted by atomic mass is 10.1. The van der Waals surface area contributed by atoms with Gasteiger partial charge in [-0.1, -0.05) is 42.0 Å². The van der Waals surface area contributed by atoms with Crippen molar-refractivity contribution in [1.82, 2.24) is 0 Å². The Balaban J connectivity index is 1.95. The second-order valence-corrected chi connectivity index (χ2v) is 8.75. The summed E-state index contributed by atoms with van der Waals surface area (Å²) < 4.78 is 28.7. The van der Waals surface area contributed by atoms with Gasteiger partial charge in [0.05, 0.1) is 10.6 Å². The van der Waals surface area contributed by atoms with Crippen molar-refractivity contribution in [2.75, 3.05) is 16.7 Å². The SMILES string of the molecule is Cc1ccc(NS(=O)(=O)c2cc(C(=O)N(C)c3ccccc3)ccc2C)c(C)c1. The molecule has 1 N–H and O–H groups in total. The van der Waals surface area contributed by atoms with Crippen LogP contribution in [0.5, 0.6) is 0 Å². The summed E-state index contributed by atoms with van der Waals surface area (Å²) in [7, 11) is -2.18. The largest absolute Gasteiger partial charge is 0.311 e. The molecule has 0 aliphatic carbocycles. The van der Waals surface area contributed by atoms with Crippen LogP contribution in [0.4, 0.5) is 11.4 Å². The Bertz CT molecular complexity index is 1160. The summed E-state index contributed by atoms with van der Waals surface area (Å²) in [6, 6.07) is 19.5. The first-order chi connectivity index (χ1) is 13.7. The maximum Gasteiger partial charge on any atom is 0.262 e. The summed E-state index contributed by atoms with van der Waals surface area (Å²) in [5.41, 5.74) is 4.02. The van der Waals surface area contributed by atoms with Crippen molar-refractivity contribution >= 4 is 27.3 Å². The average molecular weight is 409 g/mol. The van der Waals surface area contributed by atoms with Crippen LogP contribution in [-0.2, 0) is 10.0 Å². The zero-order chi connectivity index (χ0) is 21.2. The summed E-state index contributed by atoms with van der Waals surface area (Å²) in [5.74, 6) is -0.279. The number of benzene rings is 3. The molecule has 1 amide bonds. The summed E-state index contributed by atoms with van der Waals surface area (Å²) >= 11 is 0. The van der Waals surface area contributed by atoms with Crippen LogP contribution in [0.1, 0.15) is 27.0 Å². The second kappa shape index (κ2) is 8.09. The van der Waals surface area contributed by atoms with Crippen LogP contribution in [0.15, 0.2) is 71.6 Å². The van der Waals surface area contributed by atoms with Crippen LogP contribution in [-0.4, -0.2) is 21.4 Å². The molecule has 0 saturated heterocycles. The fourth-order valence-electron chi connectivity index (χ4n) is 3.11. The second-order valence-electron chi connectivity index (χ2n) is 7.10. The van der Waals surface area contributed by atoms with Gasteiger partial charge < -0.3 is 4.90 Å². The summed E-state index contributed by atoms with van der Waals surface area (Å²) in [4.78, 5) is 14.5. The predicted octanol–water partition coefficient (Wildman–Crippen LogP) is 4.69. The topological polar surface area (TPSA) is 66.5 Å². The highest BCUT2D eigenvalue weighted by molar-refractivity contribution is 7.92. The number of amides is 1. The van der Waals surface area contributed by atoms with Crippen molar-refractivity contribution in [3.63, 3.8) is 0 Å². The van der Waals surface area contributed by atoms with E-state index in [2.05, 4.69) is 4.72 Å². The smallest absolute Gasteiger partial charge is 0.262 e. The standard InChI is InChI=1S/C23H24N2O3S/c1-16-10-13-21(18(3)14-16)24-29(27,28)22-15-19(12-11-17(22)2)23(26)25(4)20-8-6-5-7-9-20/h5-15,24H,1-4H3. The molecule has 0 fully saturated rings. The maximum absolute atomic E-state index is 13.0. The zero-order valence-corrected chi connectivity index (χ0v) is 17.7. The van der Waals surface area contributed by atoms with Gasteiger partial charge in [-0.15, -0.1) is 0 Å². The molecule has 3 aromatic rings. The number of hydrogen-bond donors (Lipinski definition) is 1. The van der Waals surface area contributed by atoms with E-state index in [-0.39, 0.29) is 10.8 Å². The Morgan fingerprint density at radius 2 is 1.55 bits per heavy atom. The van der Waals surface area contributed by atoms with Gasteiger partial charge in [-0.2, -0.15) is 0 Å². The lowest BCUT2D eigenvalue weighted by Gasteiger charge is -2.18. The fourth-order valence-corrected chi connectivity index (χ4v) is 4.52. The van der Waals surface area contributed by atoms with Crippen LogP contribution in [0, 0.1) is 20.8 Å². The molecule has 3 aromatic carbocycles. The van der Waals surface area contributed by atoms with Crippen molar-refractivity contribution in [2.24, 2.45) is 0 Å². The molecule has 29 heavy (non-hydrogen) atoms. The first-order valence-corrected chi connectivity index (χ1v) is 10.7. The van der Waals surface area contributed by atoms with Crippen LogP contribution >= 0.6 is 0 Å².